The van der Waals surface area contributed by atoms with Gasteiger partial charge in [0.15, 0.2) is 0 Å². The molecule has 3 amide bonds. The number of halogens is 1. The summed E-state index contributed by atoms with van der Waals surface area (Å²) in [6.45, 7) is 2.27. The molecule has 4 aliphatic rings. The number of aliphatic imine (C=N–C) groups is 1. The van der Waals surface area contributed by atoms with E-state index in [1.165, 1.54) is 6.07 Å². The lowest BCUT2D eigenvalue weighted by Crippen LogP contribution is -2.54. The molecule has 0 aromatic heterocycles. The number of carbonyl (C=O) groups excluding carboxylic acids is 3. The predicted octanol–water partition coefficient (Wildman–Crippen LogP) is 0.652. The van der Waals surface area contributed by atoms with Gasteiger partial charge in [-0.05, 0) is 30.5 Å². The highest BCUT2D eigenvalue weighted by molar-refractivity contribution is 7.99. The van der Waals surface area contributed by atoms with Crippen molar-refractivity contribution in [2.45, 2.75) is 25.3 Å². The van der Waals surface area contributed by atoms with E-state index < -0.39 is 5.82 Å². The molecule has 4 heterocycles. The number of thioether (sulfide) groups is 1. The molecule has 5 rings (SSSR count). The van der Waals surface area contributed by atoms with Gasteiger partial charge in [-0.1, -0.05) is 6.07 Å². The van der Waals surface area contributed by atoms with Crippen LogP contribution in [0.25, 0.3) is 0 Å². The Morgan fingerprint density at radius 2 is 1.97 bits per heavy atom. The first-order valence-corrected chi connectivity index (χ1v) is 12.8. The third kappa shape index (κ3) is 4.58. The minimum absolute atomic E-state index is 0.00807. The molecule has 2 fully saturated rings. The molecule has 180 valence electrons. The molecule has 1 aromatic rings. The monoisotopic (exact) mass is 486 g/mol. The molecule has 0 radical (unpaired) electrons. The van der Waals surface area contributed by atoms with Gasteiger partial charge in [0.1, 0.15) is 5.82 Å². The quantitative estimate of drug-likeness (QED) is 0.650. The lowest BCUT2D eigenvalue weighted by molar-refractivity contribution is -0.134. The van der Waals surface area contributed by atoms with E-state index in [4.69, 9.17) is 0 Å². The fourth-order valence-electron chi connectivity index (χ4n) is 4.79. The number of piperazine rings is 1. The Morgan fingerprint density at radius 1 is 1.18 bits per heavy atom. The highest BCUT2D eigenvalue weighted by atomic mass is 32.2. The molecule has 2 N–H and O–H groups in total. The summed E-state index contributed by atoms with van der Waals surface area (Å²) in [7, 11) is 0. The first kappa shape index (κ1) is 23.0. The maximum absolute atomic E-state index is 14.6. The number of nitrogens with one attached hydrogen (secondary N) is 2. The number of amides is 3. The number of benzene rings is 1. The van der Waals surface area contributed by atoms with Gasteiger partial charge in [-0.2, -0.15) is 5.10 Å². The average molecular weight is 487 g/mol. The van der Waals surface area contributed by atoms with Gasteiger partial charge in [0, 0.05) is 50.8 Å². The first-order chi connectivity index (χ1) is 16.5. The molecule has 11 heteroatoms. The Hall–Kier alpha value is -2.79. The van der Waals surface area contributed by atoms with Crippen molar-refractivity contribution in [3.8, 4) is 0 Å². The number of hydrazone groups is 1. The van der Waals surface area contributed by atoms with Crippen LogP contribution >= 0.6 is 11.8 Å². The topological polar surface area (TPSA) is 106 Å². The summed E-state index contributed by atoms with van der Waals surface area (Å²) in [5.74, 6) is 0.209. The van der Waals surface area contributed by atoms with E-state index in [9.17, 15) is 18.8 Å². The molecule has 0 saturated carbocycles. The van der Waals surface area contributed by atoms with Crippen LogP contribution < -0.4 is 10.7 Å². The number of rotatable bonds is 4. The molecular weight excluding hydrogens is 459 g/mol. The van der Waals surface area contributed by atoms with Gasteiger partial charge in [0.05, 0.1) is 28.9 Å². The van der Waals surface area contributed by atoms with Crippen LogP contribution in [0.3, 0.4) is 0 Å². The van der Waals surface area contributed by atoms with Gasteiger partial charge >= 0.3 is 0 Å². The lowest BCUT2D eigenvalue weighted by Gasteiger charge is -2.36. The zero-order valence-corrected chi connectivity index (χ0v) is 19.6. The first-order valence-electron chi connectivity index (χ1n) is 11.6. The molecule has 0 bridgehead atoms. The molecule has 1 aromatic carbocycles. The second-order valence-electron chi connectivity index (χ2n) is 8.88. The van der Waals surface area contributed by atoms with Crippen molar-refractivity contribution in [1.82, 2.24) is 20.5 Å². The molecular formula is C23H27FN6O3S. The van der Waals surface area contributed by atoms with Crippen molar-refractivity contribution in [1.29, 1.82) is 0 Å². The fourth-order valence-corrected chi connectivity index (χ4v) is 5.72. The second kappa shape index (κ2) is 9.83. The third-order valence-electron chi connectivity index (χ3n) is 6.70. The van der Waals surface area contributed by atoms with Crippen molar-refractivity contribution in [3.63, 3.8) is 0 Å². The van der Waals surface area contributed by atoms with E-state index in [2.05, 4.69) is 20.8 Å². The highest BCUT2D eigenvalue weighted by Crippen LogP contribution is 2.22. The van der Waals surface area contributed by atoms with Gasteiger partial charge in [0.25, 0.3) is 5.91 Å². The van der Waals surface area contributed by atoms with Crippen LogP contribution in [0.4, 0.5) is 4.39 Å². The summed E-state index contributed by atoms with van der Waals surface area (Å²) in [6.07, 6.45) is 1.95. The lowest BCUT2D eigenvalue weighted by atomic mass is 9.87. The normalized spacial score (nSPS) is 24.8. The minimum atomic E-state index is -0.578. The predicted molar refractivity (Wildman–Crippen MR) is 127 cm³/mol. The number of nitrogens with zero attached hydrogens (tertiary/aromatic N) is 4. The zero-order valence-electron chi connectivity index (χ0n) is 18.8. The van der Waals surface area contributed by atoms with Gasteiger partial charge in [-0.25, -0.2) is 9.82 Å². The smallest absolute Gasteiger partial charge is 0.256 e. The molecule has 1 unspecified atom stereocenters. The van der Waals surface area contributed by atoms with Gasteiger partial charge < -0.3 is 9.80 Å². The second-order valence-corrected chi connectivity index (χ2v) is 9.91. The summed E-state index contributed by atoms with van der Waals surface area (Å²) in [5.41, 5.74) is 4.65. The average Bonchev–Trinajstić information content (AvgIpc) is 3.41. The number of fused-ring (bicyclic) bond motifs is 1. The van der Waals surface area contributed by atoms with Crippen LogP contribution in [0.2, 0.25) is 0 Å². The largest absolute Gasteiger partial charge is 0.338 e. The molecule has 0 aliphatic carbocycles. The van der Waals surface area contributed by atoms with Gasteiger partial charge in [0.2, 0.25) is 11.8 Å². The van der Waals surface area contributed by atoms with Crippen molar-refractivity contribution < 1.29 is 18.8 Å². The van der Waals surface area contributed by atoms with E-state index in [1.54, 1.807) is 33.7 Å². The van der Waals surface area contributed by atoms with Crippen molar-refractivity contribution in [3.05, 3.63) is 35.1 Å². The van der Waals surface area contributed by atoms with E-state index in [1.807, 2.05) is 0 Å². The van der Waals surface area contributed by atoms with Crippen LogP contribution in [-0.4, -0.2) is 89.3 Å². The van der Waals surface area contributed by atoms with E-state index in [0.717, 1.165) is 30.0 Å². The SMILES string of the molecule is O=C1NN=C(Cc2ccc(F)c(C(=O)N3CCN(C(=O)[C@@H]4CSCN4)CC3)c2)C2=NCCCC12. The zero-order chi connectivity index (χ0) is 23.7. The van der Waals surface area contributed by atoms with Gasteiger partial charge in [-0.3, -0.25) is 24.7 Å². The summed E-state index contributed by atoms with van der Waals surface area (Å²) < 4.78 is 14.6. The summed E-state index contributed by atoms with van der Waals surface area (Å²) >= 11 is 1.70. The molecule has 0 spiro atoms. The van der Waals surface area contributed by atoms with Crippen LogP contribution in [0.5, 0.6) is 0 Å². The standard InChI is InChI=1S/C23H27FN6O3S/c24-17-4-3-14(11-18-20-15(2-1-5-25-20)21(31)28-27-18)10-16(17)22(32)29-6-8-30(9-7-29)23(33)19-12-34-13-26-19/h3-4,10,15,19,26H,1-2,5-9,11-13H2,(H,28,31)/t15?,19-/m0/s1. The Morgan fingerprint density at radius 3 is 2.74 bits per heavy atom. The fraction of sp³-hybridized carbons (Fsp3) is 0.522. The number of hydrogen-bond donors (Lipinski definition) is 2. The van der Waals surface area contributed by atoms with Crippen LogP contribution in [0, 0.1) is 11.7 Å². The van der Waals surface area contributed by atoms with Crippen molar-refractivity contribution in [2.24, 2.45) is 16.0 Å². The minimum Gasteiger partial charge on any atom is -0.338 e. The Labute approximate surface area is 201 Å². The third-order valence-corrected chi connectivity index (χ3v) is 7.64. The maximum Gasteiger partial charge on any atom is 0.256 e. The van der Waals surface area contributed by atoms with Crippen LogP contribution in [0.15, 0.2) is 28.3 Å². The van der Waals surface area contributed by atoms with Crippen molar-refractivity contribution >= 4 is 40.9 Å². The van der Waals surface area contributed by atoms with Crippen molar-refractivity contribution in [2.75, 3.05) is 44.4 Å². The molecule has 34 heavy (non-hydrogen) atoms. The summed E-state index contributed by atoms with van der Waals surface area (Å²) in [4.78, 5) is 45.7. The van der Waals surface area contributed by atoms with E-state index in [-0.39, 0.29) is 35.2 Å². The number of hydrogen-bond acceptors (Lipinski definition) is 7. The van der Waals surface area contributed by atoms with Gasteiger partial charge in [-0.15, -0.1) is 11.8 Å². The highest BCUT2D eigenvalue weighted by Gasteiger charge is 2.34. The molecule has 4 aliphatic heterocycles. The maximum atomic E-state index is 14.6. The van der Waals surface area contributed by atoms with E-state index >= 15 is 0 Å². The summed E-state index contributed by atoms with van der Waals surface area (Å²) in [6, 6.07) is 4.33. The molecule has 9 nitrogen and oxygen atoms in total. The molecule has 2 saturated heterocycles. The van der Waals surface area contributed by atoms with Crippen LogP contribution in [-0.2, 0) is 16.0 Å². The Bertz CT molecular complexity index is 1060. The van der Waals surface area contributed by atoms with E-state index in [0.29, 0.717) is 50.6 Å². The molecule has 2 atom stereocenters. The van der Waals surface area contributed by atoms with Crippen LogP contribution in [0.1, 0.15) is 28.8 Å². The Kier molecular flexibility index (Phi) is 6.64. The summed E-state index contributed by atoms with van der Waals surface area (Å²) in [5, 5.41) is 7.37. The Balaban J connectivity index is 1.26. The number of carbonyl (C=O) groups is 3.